The number of ether oxygens (including phenoxy) is 2. The Kier molecular flexibility index (Phi) is 16.5. The first-order valence-electron chi connectivity index (χ1n) is 17.7. The van der Waals surface area contributed by atoms with Gasteiger partial charge in [-0.05, 0) is 97.3 Å². The maximum atomic E-state index is 11.4. The third-order valence-electron chi connectivity index (χ3n) is 8.37. The van der Waals surface area contributed by atoms with Crippen LogP contribution in [0, 0.1) is 0 Å². The molecule has 59 heavy (non-hydrogen) atoms. The molecule has 6 aromatic rings. The van der Waals surface area contributed by atoms with E-state index >= 15 is 0 Å². The van der Waals surface area contributed by atoms with E-state index < -0.39 is 26.1 Å². The lowest BCUT2D eigenvalue weighted by molar-refractivity contribution is 0.319. The van der Waals surface area contributed by atoms with Gasteiger partial charge in [0.05, 0.1) is 18.1 Å². The number of hydrogen-bond acceptors (Lipinski definition) is 10. The minimum absolute atomic E-state index is 0. The molecular weight excluding hydrogens is 834 g/mol. The summed E-state index contributed by atoms with van der Waals surface area (Å²) in [6, 6.07) is 35.4. The molecule has 0 radical (unpaired) electrons. The normalized spacial score (nSPS) is 12.6. The lowest BCUT2D eigenvalue weighted by Gasteiger charge is -2.14. The summed E-state index contributed by atoms with van der Waals surface area (Å²) in [7, 11) is -6.58. The molecule has 2 aromatic heterocycles. The van der Waals surface area contributed by atoms with E-state index in [1.54, 1.807) is 104 Å². The molecule has 2 atom stereocenters. The van der Waals surface area contributed by atoms with Gasteiger partial charge < -0.3 is 14.7 Å². The number of halogens is 2. The largest absolute Gasteiger partial charge is 0.439 e. The summed E-state index contributed by atoms with van der Waals surface area (Å²) >= 11 is 11.8. The molecule has 0 aliphatic rings. The van der Waals surface area contributed by atoms with Gasteiger partial charge in [-0.1, -0.05) is 90.4 Å². The number of oxime groups is 1. The molecule has 0 bridgehead atoms. The van der Waals surface area contributed by atoms with Gasteiger partial charge in [0.2, 0.25) is 31.8 Å². The predicted octanol–water partition coefficient (Wildman–Crippen LogP) is 9.73. The molecule has 4 aromatic carbocycles. The molecule has 2 heterocycles. The molecule has 0 fully saturated rings. The number of hydrogen-bond donors (Lipinski definition) is 3. The van der Waals surface area contributed by atoms with Crippen LogP contribution in [-0.4, -0.2) is 50.2 Å². The summed E-state index contributed by atoms with van der Waals surface area (Å²) in [5.41, 5.74) is 5.06. The number of nitrogens with zero attached hydrogens (tertiary/aromatic N) is 3. The highest BCUT2D eigenvalue weighted by Gasteiger charge is 2.18. The average molecular weight is 879 g/mol. The van der Waals surface area contributed by atoms with Crippen LogP contribution >= 0.6 is 23.2 Å². The van der Waals surface area contributed by atoms with E-state index in [0.29, 0.717) is 45.0 Å². The minimum Gasteiger partial charge on any atom is -0.439 e. The van der Waals surface area contributed by atoms with Crippen molar-refractivity contribution in [2.45, 2.75) is 39.8 Å². The van der Waals surface area contributed by atoms with Crippen LogP contribution in [0.5, 0.6) is 23.3 Å². The molecule has 0 aliphatic carbocycles. The zero-order valence-electron chi connectivity index (χ0n) is 31.9. The van der Waals surface area contributed by atoms with Gasteiger partial charge in [-0.3, -0.25) is 0 Å². The molecule has 0 spiro atoms. The SMILES string of the molecule is C.C[C@H](NS(C)(=O)=O)c1ccc(C(=NO)c2cccnc2Oc2ccc(Cl)cc2)cc1.C[C@H](NS(C)(=O)=O)c1ccc(Cc2cccnc2Oc2ccc(Cl)cc2)cc1. The van der Waals surface area contributed by atoms with Crippen LogP contribution in [0.4, 0.5) is 0 Å². The van der Waals surface area contributed by atoms with Crippen molar-refractivity contribution in [1.82, 2.24) is 19.4 Å². The third kappa shape index (κ3) is 14.5. The molecule has 0 saturated heterocycles. The Bertz CT molecular complexity index is 2540. The molecule has 3 N–H and O–H groups in total. The van der Waals surface area contributed by atoms with E-state index in [1.165, 1.54) is 0 Å². The van der Waals surface area contributed by atoms with Gasteiger partial charge in [-0.2, -0.15) is 0 Å². The van der Waals surface area contributed by atoms with E-state index in [4.69, 9.17) is 32.7 Å². The fourth-order valence-electron chi connectivity index (χ4n) is 5.65. The van der Waals surface area contributed by atoms with Crippen LogP contribution in [0.2, 0.25) is 10.0 Å². The third-order valence-corrected chi connectivity index (χ3v) is 10.4. The number of sulfonamides is 2. The van der Waals surface area contributed by atoms with Gasteiger partial charge in [-0.25, -0.2) is 36.2 Å². The Labute approximate surface area is 356 Å². The zero-order chi connectivity index (χ0) is 41.9. The van der Waals surface area contributed by atoms with Gasteiger partial charge >= 0.3 is 0 Å². The molecule has 12 nitrogen and oxygen atoms in total. The molecule has 6 rings (SSSR count). The van der Waals surface area contributed by atoms with E-state index in [9.17, 15) is 22.0 Å². The Morgan fingerprint density at radius 2 is 1.10 bits per heavy atom. The summed E-state index contributed by atoms with van der Waals surface area (Å²) in [4.78, 5) is 8.60. The number of rotatable bonds is 14. The molecular formula is C43H45Cl2N5O7S2. The second-order valence-electron chi connectivity index (χ2n) is 13.1. The first-order valence-corrected chi connectivity index (χ1v) is 22.2. The molecule has 0 saturated carbocycles. The Morgan fingerprint density at radius 3 is 1.58 bits per heavy atom. The van der Waals surface area contributed by atoms with Crippen molar-refractivity contribution in [3.05, 3.63) is 177 Å². The maximum Gasteiger partial charge on any atom is 0.228 e. The number of pyridine rings is 2. The van der Waals surface area contributed by atoms with E-state index in [0.717, 1.165) is 34.8 Å². The quantitative estimate of drug-likeness (QED) is 0.0548. The second kappa shape index (κ2) is 21.1. The van der Waals surface area contributed by atoms with Gasteiger partial charge in [0, 0.05) is 52.1 Å². The fraction of sp³-hybridized carbons (Fsp3) is 0.186. The average Bonchev–Trinajstić information content (AvgIpc) is 3.18. The van der Waals surface area contributed by atoms with Crippen LogP contribution < -0.4 is 18.9 Å². The number of benzene rings is 4. The molecule has 310 valence electrons. The molecule has 0 aliphatic heterocycles. The Morgan fingerprint density at radius 1 is 0.661 bits per heavy atom. The van der Waals surface area contributed by atoms with Crippen LogP contribution in [0.15, 0.2) is 139 Å². The molecule has 16 heteroatoms. The summed E-state index contributed by atoms with van der Waals surface area (Å²) in [6.07, 6.45) is 6.17. The maximum absolute atomic E-state index is 11.4. The molecule has 0 amide bonds. The predicted molar refractivity (Wildman–Crippen MR) is 234 cm³/mol. The van der Waals surface area contributed by atoms with E-state index in [-0.39, 0.29) is 25.1 Å². The summed E-state index contributed by atoms with van der Waals surface area (Å²) in [5.74, 6) is 2.01. The van der Waals surface area contributed by atoms with Crippen molar-refractivity contribution in [2.75, 3.05) is 12.5 Å². The topological polar surface area (TPSA) is 169 Å². The molecule has 0 unspecified atom stereocenters. The van der Waals surface area contributed by atoms with E-state index in [1.807, 2.05) is 43.3 Å². The number of aromatic nitrogens is 2. The standard InChI is InChI=1S/C21H20ClN3O4S.C21H21ClN2O3S.CH4/c1-14(25-30(2,27)28)15-5-7-16(8-6-15)20(24-26)19-4-3-13-23-21(19)29-18-11-9-17(22)10-12-18;1-15(24-28(2,25)26)17-7-5-16(6-8-17)14-18-4-3-13-23-21(18)27-20-11-9-19(22)10-12-20;/h3-14,25-26H,1-2H3;3-13,15,24H,14H2,1-2H3;1H4/t14-;15-;/m00./s1. The lowest BCUT2D eigenvalue weighted by atomic mass is 10.0. The Hall–Kier alpha value is -5.35. The smallest absolute Gasteiger partial charge is 0.228 e. The van der Waals surface area contributed by atoms with Crippen molar-refractivity contribution in [2.24, 2.45) is 5.16 Å². The first-order chi connectivity index (χ1) is 27.6. The Balaban J connectivity index is 0.000000257. The van der Waals surface area contributed by atoms with Crippen LogP contribution in [0.1, 0.15) is 66.7 Å². The fourth-order valence-corrected chi connectivity index (χ4v) is 7.46. The summed E-state index contributed by atoms with van der Waals surface area (Å²) in [5, 5.41) is 14.4. The van der Waals surface area contributed by atoms with Crippen molar-refractivity contribution in [3.8, 4) is 23.3 Å². The van der Waals surface area contributed by atoms with Gasteiger partial charge in [0.25, 0.3) is 0 Å². The van der Waals surface area contributed by atoms with Crippen molar-refractivity contribution >= 4 is 49.0 Å². The van der Waals surface area contributed by atoms with Crippen molar-refractivity contribution < 1.29 is 31.5 Å². The highest BCUT2D eigenvalue weighted by atomic mass is 35.5. The van der Waals surface area contributed by atoms with Gasteiger partial charge in [-0.15, -0.1) is 0 Å². The summed E-state index contributed by atoms with van der Waals surface area (Å²) in [6.45, 7) is 3.56. The highest BCUT2D eigenvalue weighted by Crippen LogP contribution is 2.28. The van der Waals surface area contributed by atoms with E-state index in [2.05, 4.69) is 24.6 Å². The lowest BCUT2D eigenvalue weighted by Crippen LogP contribution is -2.25. The minimum atomic E-state index is -3.33. The number of nitrogens with one attached hydrogen (secondary N) is 2. The first kappa shape index (κ1) is 46.3. The second-order valence-corrected chi connectivity index (χ2v) is 17.6. The van der Waals surface area contributed by atoms with Crippen LogP contribution in [0.3, 0.4) is 0 Å². The highest BCUT2D eigenvalue weighted by molar-refractivity contribution is 7.89. The van der Waals surface area contributed by atoms with Crippen LogP contribution in [0.25, 0.3) is 0 Å². The monoisotopic (exact) mass is 877 g/mol. The zero-order valence-corrected chi connectivity index (χ0v) is 35.0. The van der Waals surface area contributed by atoms with Crippen molar-refractivity contribution in [3.63, 3.8) is 0 Å². The van der Waals surface area contributed by atoms with Gasteiger partial charge in [0.15, 0.2) is 0 Å². The van der Waals surface area contributed by atoms with Gasteiger partial charge in [0.1, 0.15) is 17.2 Å². The van der Waals surface area contributed by atoms with Crippen LogP contribution in [-0.2, 0) is 26.5 Å². The summed E-state index contributed by atoms with van der Waals surface area (Å²) < 4.78 is 62.5. The van der Waals surface area contributed by atoms with Crippen molar-refractivity contribution in [1.29, 1.82) is 0 Å².